The summed E-state index contributed by atoms with van der Waals surface area (Å²) in [6, 6.07) is 0.0804. The van der Waals surface area contributed by atoms with Gasteiger partial charge in [-0.25, -0.2) is 8.42 Å². The van der Waals surface area contributed by atoms with Crippen LogP contribution in [0.15, 0.2) is 0 Å². The molecular formula is C35H70N4O7S. The summed E-state index contributed by atoms with van der Waals surface area (Å²) >= 11 is 0. The molecule has 0 saturated carbocycles. The van der Waals surface area contributed by atoms with Gasteiger partial charge in [0.15, 0.2) is 6.29 Å². The molecule has 0 unspecified atom stereocenters. The number of rotatable bonds is 8. The fraction of sp³-hybridized carbons (Fsp3) is 1.00. The first kappa shape index (κ1) is 41.0. The SMILES string of the molecule is CO[C@]1(C)C[C@@H](C)CN(C)[C@@H](CN2CCN(S(=O)(=O)C(C)C)CC2)[C@H](C)OCC(C)(C)C[C@@H](C)[C@H]1O[C@@H]1O[C@H](C)C[C@H](N(C)C)[C@H]1O. The second-order valence-electron chi connectivity index (χ2n) is 16.6. The van der Waals surface area contributed by atoms with Crippen molar-refractivity contribution in [1.82, 2.24) is 19.0 Å². The van der Waals surface area contributed by atoms with E-state index in [1.54, 1.807) is 25.3 Å². The molecule has 10 atom stereocenters. The summed E-state index contributed by atoms with van der Waals surface area (Å²) in [5.74, 6) is 0.366. The Labute approximate surface area is 287 Å². The summed E-state index contributed by atoms with van der Waals surface area (Å²) in [5, 5.41) is 11.0. The van der Waals surface area contributed by atoms with E-state index in [9.17, 15) is 13.5 Å². The summed E-state index contributed by atoms with van der Waals surface area (Å²) in [6.45, 7) is 23.6. The van der Waals surface area contributed by atoms with E-state index in [1.807, 2.05) is 21.0 Å². The van der Waals surface area contributed by atoms with Crippen LogP contribution in [0, 0.1) is 17.3 Å². The second kappa shape index (κ2) is 16.7. The smallest absolute Gasteiger partial charge is 0.216 e. The minimum atomic E-state index is -3.25. The van der Waals surface area contributed by atoms with Gasteiger partial charge in [-0.3, -0.25) is 9.80 Å². The second-order valence-corrected chi connectivity index (χ2v) is 19.1. The molecule has 3 saturated heterocycles. The largest absolute Gasteiger partial charge is 0.386 e. The van der Waals surface area contributed by atoms with Gasteiger partial charge in [0, 0.05) is 58.5 Å². The van der Waals surface area contributed by atoms with Crippen molar-refractivity contribution in [3.05, 3.63) is 0 Å². The zero-order valence-corrected chi connectivity index (χ0v) is 32.8. The van der Waals surface area contributed by atoms with Crippen LogP contribution in [-0.2, 0) is 29.0 Å². The van der Waals surface area contributed by atoms with Gasteiger partial charge in [-0.2, -0.15) is 4.31 Å². The Morgan fingerprint density at radius 2 is 1.64 bits per heavy atom. The third-order valence-electron chi connectivity index (χ3n) is 10.9. The summed E-state index contributed by atoms with van der Waals surface area (Å²) < 4.78 is 53.4. The number of ether oxygens (including phenoxy) is 4. The first-order valence-electron chi connectivity index (χ1n) is 17.9. The zero-order chi connectivity index (χ0) is 35.5. The van der Waals surface area contributed by atoms with Crippen LogP contribution >= 0.6 is 0 Å². The number of aliphatic hydroxyl groups is 1. The van der Waals surface area contributed by atoms with Crippen molar-refractivity contribution in [1.29, 1.82) is 0 Å². The number of aliphatic hydroxyl groups excluding tert-OH is 1. The molecule has 278 valence electrons. The molecule has 0 bridgehead atoms. The van der Waals surface area contributed by atoms with Crippen LogP contribution in [0.5, 0.6) is 0 Å². The summed E-state index contributed by atoms with van der Waals surface area (Å²) in [5.41, 5.74) is -0.767. The van der Waals surface area contributed by atoms with Crippen LogP contribution < -0.4 is 0 Å². The molecule has 3 heterocycles. The molecule has 0 aromatic rings. The van der Waals surface area contributed by atoms with Gasteiger partial charge in [0.25, 0.3) is 0 Å². The lowest BCUT2D eigenvalue weighted by Crippen LogP contribution is -2.58. The Hall–Kier alpha value is -0.410. The standard InChI is InChI=1S/C35H70N4O7S/c1-24(2)47(41,42)39-16-14-38(15-17-39)22-30-28(6)44-23-34(7,8)20-26(4)32(35(9,43-13)19-25(3)21-37(30)12)46-33-31(40)29(36(10)11)18-27(5)45-33/h24-33,40H,14-23H2,1-13H3/t25-,26-,27-,28+,29+,30+,31-,32-,33+,35-/m1/s1. The lowest BCUT2D eigenvalue weighted by atomic mass is 9.75. The highest BCUT2D eigenvalue weighted by Crippen LogP contribution is 2.39. The molecule has 11 nitrogen and oxygen atoms in total. The van der Waals surface area contributed by atoms with Gasteiger partial charge in [-0.15, -0.1) is 0 Å². The summed E-state index contributed by atoms with van der Waals surface area (Å²) in [7, 11) is 4.70. The summed E-state index contributed by atoms with van der Waals surface area (Å²) in [6.07, 6.45) is 0.473. The van der Waals surface area contributed by atoms with E-state index in [2.05, 4.69) is 63.3 Å². The molecule has 0 spiro atoms. The number of methoxy groups -OCH3 is 1. The Bertz CT molecular complexity index is 1070. The molecule has 3 aliphatic rings. The van der Waals surface area contributed by atoms with E-state index in [1.165, 1.54) is 0 Å². The fourth-order valence-corrected chi connectivity index (χ4v) is 9.53. The van der Waals surface area contributed by atoms with Crippen molar-refractivity contribution in [2.45, 2.75) is 135 Å². The molecule has 0 aromatic heterocycles. The molecular weight excluding hydrogens is 620 g/mol. The predicted molar refractivity (Wildman–Crippen MR) is 188 cm³/mol. The molecule has 3 fully saturated rings. The van der Waals surface area contributed by atoms with E-state index in [4.69, 9.17) is 18.9 Å². The minimum Gasteiger partial charge on any atom is -0.386 e. The van der Waals surface area contributed by atoms with E-state index >= 15 is 0 Å². The molecule has 1 N–H and O–H groups in total. The number of hydrogen-bond acceptors (Lipinski definition) is 10. The Balaban J connectivity index is 1.84. The molecule has 0 radical (unpaired) electrons. The maximum Gasteiger partial charge on any atom is 0.216 e. The first-order valence-corrected chi connectivity index (χ1v) is 19.4. The van der Waals surface area contributed by atoms with Gasteiger partial charge in [-0.1, -0.05) is 27.7 Å². The lowest BCUT2D eigenvalue weighted by Gasteiger charge is -2.47. The Morgan fingerprint density at radius 3 is 2.19 bits per heavy atom. The van der Waals surface area contributed by atoms with Gasteiger partial charge >= 0.3 is 0 Å². The van der Waals surface area contributed by atoms with Crippen LogP contribution in [0.1, 0.15) is 81.6 Å². The van der Waals surface area contributed by atoms with E-state index in [-0.39, 0.29) is 47.6 Å². The molecule has 0 aromatic carbocycles. The maximum atomic E-state index is 12.8. The number of sulfonamides is 1. The van der Waals surface area contributed by atoms with Crippen molar-refractivity contribution in [3.63, 3.8) is 0 Å². The topological polar surface area (TPSA) is 104 Å². The van der Waals surface area contributed by atoms with E-state index in [0.717, 1.165) is 32.4 Å². The average molecular weight is 691 g/mol. The van der Waals surface area contributed by atoms with Crippen LogP contribution in [0.25, 0.3) is 0 Å². The van der Waals surface area contributed by atoms with Crippen molar-refractivity contribution < 1.29 is 32.5 Å². The van der Waals surface area contributed by atoms with Gasteiger partial charge < -0.3 is 29.0 Å². The van der Waals surface area contributed by atoms with Gasteiger partial charge in [0.2, 0.25) is 10.0 Å². The van der Waals surface area contributed by atoms with Gasteiger partial charge in [-0.05, 0) is 92.3 Å². The highest BCUT2D eigenvalue weighted by atomic mass is 32.2. The number of piperazine rings is 1. The van der Waals surface area contributed by atoms with Crippen molar-refractivity contribution in [2.24, 2.45) is 17.3 Å². The molecule has 3 rings (SSSR count). The van der Waals surface area contributed by atoms with Crippen LogP contribution in [0.3, 0.4) is 0 Å². The summed E-state index contributed by atoms with van der Waals surface area (Å²) in [4.78, 5) is 6.88. The van der Waals surface area contributed by atoms with Gasteiger partial charge in [0.1, 0.15) is 6.10 Å². The maximum absolute atomic E-state index is 12.8. The third-order valence-corrected chi connectivity index (χ3v) is 13.2. The van der Waals surface area contributed by atoms with E-state index in [0.29, 0.717) is 32.8 Å². The fourth-order valence-electron chi connectivity index (χ4n) is 8.26. The lowest BCUT2D eigenvalue weighted by molar-refractivity contribution is -0.298. The van der Waals surface area contributed by atoms with Crippen molar-refractivity contribution in [2.75, 3.05) is 74.1 Å². The molecule has 3 aliphatic heterocycles. The minimum absolute atomic E-state index is 0.0175. The first-order chi connectivity index (χ1) is 21.7. The zero-order valence-electron chi connectivity index (χ0n) is 31.9. The quantitative estimate of drug-likeness (QED) is 0.408. The third kappa shape index (κ3) is 10.6. The van der Waals surface area contributed by atoms with Gasteiger partial charge in [0.05, 0.1) is 35.8 Å². The van der Waals surface area contributed by atoms with Crippen molar-refractivity contribution >= 4 is 10.0 Å². The number of nitrogens with zero attached hydrogens (tertiary/aromatic N) is 4. The van der Waals surface area contributed by atoms with Crippen LogP contribution in [-0.4, -0.2) is 160 Å². The molecule has 47 heavy (non-hydrogen) atoms. The highest BCUT2D eigenvalue weighted by molar-refractivity contribution is 7.89. The average Bonchev–Trinajstić information content (AvgIpc) is 2.98. The number of hydrogen-bond donors (Lipinski definition) is 1. The molecule has 0 aliphatic carbocycles. The van der Waals surface area contributed by atoms with Crippen LogP contribution in [0.4, 0.5) is 0 Å². The normalized spacial score (nSPS) is 39.8. The van der Waals surface area contributed by atoms with E-state index < -0.39 is 33.3 Å². The monoisotopic (exact) mass is 690 g/mol. The van der Waals surface area contributed by atoms with Crippen molar-refractivity contribution in [3.8, 4) is 0 Å². The van der Waals surface area contributed by atoms with Crippen LogP contribution in [0.2, 0.25) is 0 Å². The number of likely N-dealkylation sites (N-methyl/N-ethyl adjacent to an activating group) is 2. The predicted octanol–water partition coefficient (Wildman–Crippen LogP) is 3.36. The molecule has 12 heteroatoms. The Morgan fingerprint density at radius 1 is 1.02 bits per heavy atom. The Kier molecular flexibility index (Phi) is 14.6. The highest BCUT2D eigenvalue weighted by Gasteiger charge is 2.47. The molecule has 0 amide bonds.